The van der Waals surface area contributed by atoms with Crippen molar-refractivity contribution in [3.63, 3.8) is 0 Å². The van der Waals surface area contributed by atoms with Crippen molar-refractivity contribution in [1.82, 2.24) is 4.57 Å². The lowest BCUT2D eigenvalue weighted by atomic mass is 9.95. The first-order valence-electron chi connectivity index (χ1n) is 10.5. The van der Waals surface area contributed by atoms with Gasteiger partial charge in [0.15, 0.2) is 0 Å². The molecule has 2 N–H and O–H groups in total. The second kappa shape index (κ2) is 8.85. The molecule has 0 spiro atoms. The highest BCUT2D eigenvalue weighted by Gasteiger charge is 2.27. The summed E-state index contributed by atoms with van der Waals surface area (Å²) in [4.78, 5) is 25.9. The molecule has 2 heterocycles. The van der Waals surface area contributed by atoms with Crippen molar-refractivity contribution < 1.29 is 14.7 Å². The lowest BCUT2D eigenvalue weighted by molar-refractivity contribution is -0.112. The van der Waals surface area contributed by atoms with Crippen molar-refractivity contribution in [2.24, 2.45) is 0 Å². The number of fused-ring (bicyclic) bond motifs is 1. The second-order valence-electron chi connectivity index (χ2n) is 7.85. The minimum absolute atomic E-state index is 0.0157. The molecule has 1 aromatic carbocycles. The molecule has 7 heteroatoms. The van der Waals surface area contributed by atoms with Crippen LogP contribution in [0.2, 0.25) is 0 Å². The number of thiophene rings is 1. The molecule has 1 amide bonds. The van der Waals surface area contributed by atoms with Gasteiger partial charge in [0, 0.05) is 22.0 Å². The quantitative estimate of drug-likeness (QED) is 0.413. The van der Waals surface area contributed by atoms with Crippen LogP contribution in [0.1, 0.15) is 50.6 Å². The Morgan fingerprint density at radius 1 is 1.19 bits per heavy atom. The number of hydrogen-bond donors (Lipinski definition) is 2. The molecule has 162 valence electrons. The summed E-state index contributed by atoms with van der Waals surface area (Å²) in [5.74, 6) is -1.40. The fraction of sp³-hybridized carbons (Fsp3) is 0.240. The maximum atomic E-state index is 12.6. The molecule has 1 aliphatic rings. The SMILES string of the molecule is Cc1cc(/C=C(/C#N)C(=O)Nc2ccccc2)c(C)n1-c1sc2c(c1C(=O)O)CCCC2. The standard InChI is InChI=1S/C25H23N3O3S/c1-15-12-17(13-18(14-26)23(29)27-19-8-4-3-5-9-19)16(2)28(15)24-22(25(30)31)20-10-6-7-11-21(20)32-24/h3-5,8-9,12-13H,6-7,10-11H2,1-2H3,(H,27,29)(H,30,31)/b18-13-. The molecule has 0 aliphatic heterocycles. The molecule has 3 aromatic rings. The number of carbonyl (C=O) groups excluding carboxylic acids is 1. The summed E-state index contributed by atoms with van der Waals surface area (Å²) in [5, 5.41) is 23.0. The Hall–Kier alpha value is -3.63. The predicted octanol–water partition coefficient (Wildman–Crippen LogP) is 5.28. The highest BCUT2D eigenvalue weighted by Crippen LogP contribution is 2.39. The topological polar surface area (TPSA) is 95.1 Å². The normalized spacial score (nSPS) is 13.3. The molecule has 32 heavy (non-hydrogen) atoms. The maximum Gasteiger partial charge on any atom is 0.339 e. The number of hydrogen-bond acceptors (Lipinski definition) is 4. The molecular formula is C25H23N3O3S. The summed E-state index contributed by atoms with van der Waals surface area (Å²) in [6.45, 7) is 3.79. The summed E-state index contributed by atoms with van der Waals surface area (Å²) in [6, 6.07) is 12.8. The number of carboxylic acid groups (broad SMARTS) is 1. The molecule has 2 aromatic heterocycles. The highest BCUT2D eigenvalue weighted by atomic mass is 32.1. The Morgan fingerprint density at radius 3 is 2.59 bits per heavy atom. The van der Waals surface area contributed by atoms with Gasteiger partial charge in [-0.1, -0.05) is 18.2 Å². The van der Waals surface area contributed by atoms with Crippen LogP contribution in [-0.2, 0) is 17.6 Å². The number of carboxylic acids is 1. The van der Waals surface area contributed by atoms with Crippen molar-refractivity contribution >= 4 is 35.0 Å². The fourth-order valence-electron chi connectivity index (χ4n) is 4.20. The molecule has 0 atom stereocenters. The monoisotopic (exact) mass is 445 g/mol. The highest BCUT2D eigenvalue weighted by molar-refractivity contribution is 7.15. The number of amides is 1. The molecule has 1 aliphatic carbocycles. The van der Waals surface area contributed by atoms with Crippen molar-refractivity contribution in [3.8, 4) is 11.1 Å². The number of nitrogens with one attached hydrogen (secondary N) is 1. The van der Waals surface area contributed by atoms with Crippen LogP contribution in [0.3, 0.4) is 0 Å². The number of carbonyl (C=O) groups is 2. The molecule has 4 rings (SSSR count). The number of aromatic carboxylic acids is 1. The second-order valence-corrected chi connectivity index (χ2v) is 8.93. The Balaban J connectivity index is 1.74. The van der Waals surface area contributed by atoms with Crippen LogP contribution in [0.15, 0.2) is 42.0 Å². The molecule has 0 radical (unpaired) electrons. The van der Waals surface area contributed by atoms with Crippen LogP contribution in [0.4, 0.5) is 5.69 Å². The number of aromatic nitrogens is 1. The Bertz CT molecular complexity index is 1280. The summed E-state index contributed by atoms with van der Waals surface area (Å²) in [6.07, 6.45) is 5.34. The van der Waals surface area contributed by atoms with Crippen LogP contribution >= 0.6 is 11.3 Å². The lowest BCUT2D eigenvalue weighted by Crippen LogP contribution is -2.13. The first-order valence-corrected chi connectivity index (χ1v) is 11.3. The minimum atomic E-state index is -0.913. The van der Waals surface area contributed by atoms with E-state index in [1.54, 1.807) is 30.3 Å². The van der Waals surface area contributed by atoms with E-state index in [1.807, 2.05) is 36.6 Å². The Kier molecular flexibility index (Phi) is 5.97. The summed E-state index contributed by atoms with van der Waals surface area (Å²) < 4.78 is 1.93. The minimum Gasteiger partial charge on any atom is -0.478 e. The van der Waals surface area contributed by atoms with E-state index in [0.29, 0.717) is 21.8 Å². The van der Waals surface area contributed by atoms with Crippen LogP contribution in [0, 0.1) is 25.2 Å². The van der Waals surface area contributed by atoms with Crippen LogP contribution in [0.5, 0.6) is 0 Å². The average Bonchev–Trinajstić information content (AvgIpc) is 3.28. The van der Waals surface area contributed by atoms with E-state index in [2.05, 4.69) is 5.32 Å². The molecule has 6 nitrogen and oxygen atoms in total. The van der Waals surface area contributed by atoms with Crippen molar-refractivity contribution in [1.29, 1.82) is 5.26 Å². The van der Waals surface area contributed by atoms with Gasteiger partial charge in [0.2, 0.25) is 0 Å². The lowest BCUT2D eigenvalue weighted by Gasteiger charge is -2.11. The Labute approximate surface area is 190 Å². The first kappa shape index (κ1) is 21.6. The summed E-state index contributed by atoms with van der Waals surface area (Å²) in [7, 11) is 0. The van der Waals surface area contributed by atoms with Crippen molar-refractivity contribution in [2.45, 2.75) is 39.5 Å². The average molecular weight is 446 g/mol. The van der Waals surface area contributed by atoms with Gasteiger partial charge in [0.1, 0.15) is 16.6 Å². The van der Waals surface area contributed by atoms with Gasteiger partial charge in [-0.25, -0.2) is 4.79 Å². The number of nitrogens with zero attached hydrogens (tertiary/aromatic N) is 2. The number of rotatable bonds is 5. The zero-order valence-electron chi connectivity index (χ0n) is 17.9. The van der Waals surface area contributed by atoms with Gasteiger partial charge in [-0.3, -0.25) is 4.79 Å². The third kappa shape index (κ3) is 3.97. The van der Waals surface area contributed by atoms with E-state index in [4.69, 9.17) is 0 Å². The molecule has 0 bridgehead atoms. The molecule has 0 saturated carbocycles. The smallest absolute Gasteiger partial charge is 0.339 e. The van der Waals surface area contributed by atoms with Gasteiger partial charge in [0.25, 0.3) is 5.91 Å². The molecule has 0 saturated heterocycles. The van der Waals surface area contributed by atoms with Gasteiger partial charge in [0.05, 0.1) is 5.56 Å². The van der Waals surface area contributed by atoms with Gasteiger partial charge in [-0.05, 0) is 74.9 Å². The zero-order chi connectivity index (χ0) is 22.8. The molecule has 0 fully saturated rings. The van der Waals surface area contributed by atoms with E-state index in [-0.39, 0.29) is 5.57 Å². The zero-order valence-corrected chi connectivity index (χ0v) is 18.8. The fourth-order valence-corrected chi connectivity index (χ4v) is 5.69. The van der Waals surface area contributed by atoms with Crippen LogP contribution < -0.4 is 5.32 Å². The number of aryl methyl sites for hydroxylation is 2. The number of nitriles is 1. The maximum absolute atomic E-state index is 12.6. The van der Waals surface area contributed by atoms with Gasteiger partial charge in [-0.15, -0.1) is 11.3 Å². The molecular weight excluding hydrogens is 422 g/mol. The first-order chi connectivity index (χ1) is 15.4. The predicted molar refractivity (Wildman–Crippen MR) is 125 cm³/mol. The third-order valence-electron chi connectivity index (χ3n) is 5.74. The molecule has 0 unspecified atom stereocenters. The van der Waals surface area contributed by atoms with E-state index in [0.717, 1.165) is 47.5 Å². The van der Waals surface area contributed by atoms with E-state index >= 15 is 0 Å². The third-order valence-corrected chi connectivity index (χ3v) is 7.01. The van der Waals surface area contributed by atoms with Crippen LogP contribution in [0.25, 0.3) is 11.1 Å². The van der Waals surface area contributed by atoms with E-state index in [9.17, 15) is 20.0 Å². The van der Waals surface area contributed by atoms with Gasteiger partial charge in [-0.2, -0.15) is 5.26 Å². The number of benzene rings is 1. The van der Waals surface area contributed by atoms with Gasteiger partial charge < -0.3 is 15.0 Å². The van der Waals surface area contributed by atoms with E-state index < -0.39 is 11.9 Å². The van der Waals surface area contributed by atoms with Crippen molar-refractivity contribution in [2.75, 3.05) is 5.32 Å². The number of para-hydroxylation sites is 1. The number of anilines is 1. The summed E-state index contributed by atoms with van der Waals surface area (Å²) >= 11 is 1.53. The largest absolute Gasteiger partial charge is 0.478 e. The van der Waals surface area contributed by atoms with E-state index in [1.165, 1.54) is 11.3 Å². The van der Waals surface area contributed by atoms with Crippen LogP contribution in [-0.4, -0.2) is 21.6 Å². The summed E-state index contributed by atoms with van der Waals surface area (Å²) in [5.41, 5.74) is 4.29. The Morgan fingerprint density at radius 2 is 1.91 bits per heavy atom. The van der Waals surface area contributed by atoms with Crippen molar-refractivity contribution in [3.05, 3.63) is 74.9 Å². The van der Waals surface area contributed by atoms with Gasteiger partial charge >= 0.3 is 5.97 Å².